The molecule has 1 heterocycles. The number of nitrogens with zero attached hydrogens (tertiary/aromatic N) is 2. The molecule has 1 N–H and O–H groups in total. The van der Waals surface area contributed by atoms with Crippen molar-refractivity contribution in [3.63, 3.8) is 0 Å². The Balaban J connectivity index is 2.06. The lowest BCUT2D eigenvalue weighted by Crippen LogP contribution is -2.09. The number of rotatable bonds is 6. The normalized spacial score (nSPS) is 10.4. The van der Waals surface area contributed by atoms with Gasteiger partial charge in [0.15, 0.2) is 12.4 Å². The monoisotopic (exact) mass is 262 g/mol. The Kier molecular flexibility index (Phi) is 4.12. The van der Waals surface area contributed by atoms with Crippen LogP contribution in [0.15, 0.2) is 28.8 Å². The highest BCUT2D eigenvalue weighted by Gasteiger charge is 2.08. The molecule has 0 unspecified atom stereocenters. The van der Waals surface area contributed by atoms with Gasteiger partial charge in [-0.05, 0) is 30.7 Å². The van der Waals surface area contributed by atoms with Gasteiger partial charge >= 0.3 is 5.97 Å². The molecule has 0 saturated carbocycles. The van der Waals surface area contributed by atoms with Crippen molar-refractivity contribution in [3.05, 3.63) is 30.1 Å². The minimum atomic E-state index is -1.01. The summed E-state index contributed by atoms with van der Waals surface area (Å²) in [7, 11) is 0. The fourth-order valence-electron chi connectivity index (χ4n) is 1.54. The van der Waals surface area contributed by atoms with Gasteiger partial charge in [0.2, 0.25) is 0 Å². The van der Waals surface area contributed by atoms with E-state index in [2.05, 4.69) is 10.1 Å². The van der Waals surface area contributed by atoms with E-state index in [9.17, 15) is 4.79 Å². The lowest BCUT2D eigenvalue weighted by Gasteiger charge is -2.02. The minimum absolute atomic E-state index is 0.361. The Bertz CT molecular complexity index is 548. The maximum Gasteiger partial charge on any atom is 0.341 e. The number of benzene rings is 1. The summed E-state index contributed by atoms with van der Waals surface area (Å²) >= 11 is 0. The second kappa shape index (κ2) is 5.99. The first-order valence-corrected chi connectivity index (χ1v) is 5.96. The summed E-state index contributed by atoms with van der Waals surface area (Å²) in [5, 5.41) is 12.4. The Hall–Kier alpha value is -2.37. The predicted molar refractivity (Wildman–Crippen MR) is 66.9 cm³/mol. The van der Waals surface area contributed by atoms with E-state index in [0.29, 0.717) is 17.5 Å². The fourth-order valence-corrected chi connectivity index (χ4v) is 1.54. The highest BCUT2D eigenvalue weighted by Crippen LogP contribution is 2.21. The van der Waals surface area contributed by atoms with Crippen LogP contribution in [0.3, 0.4) is 0 Å². The smallest absolute Gasteiger partial charge is 0.341 e. The van der Waals surface area contributed by atoms with Gasteiger partial charge in [-0.2, -0.15) is 4.98 Å². The molecule has 0 aliphatic heterocycles. The molecule has 2 rings (SSSR count). The van der Waals surface area contributed by atoms with Crippen molar-refractivity contribution in [2.75, 3.05) is 6.61 Å². The third-order valence-corrected chi connectivity index (χ3v) is 2.41. The molecule has 0 atom stereocenters. The summed E-state index contributed by atoms with van der Waals surface area (Å²) in [6.45, 7) is 1.69. The number of hydrogen-bond acceptors (Lipinski definition) is 5. The predicted octanol–water partition coefficient (Wildman–Crippen LogP) is 2.15. The fraction of sp³-hybridized carbons (Fsp3) is 0.308. The molecule has 0 saturated heterocycles. The molecule has 6 heteroatoms. The summed E-state index contributed by atoms with van der Waals surface area (Å²) < 4.78 is 10.2. The first-order chi connectivity index (χ1) is 9.19. The summed E-state index contributed by atoms with van der Waals surface area (Å²) in [6, 6.07) is 6.84. The summed E-state index contributed by atoms with van der Waals surface area (Å²) in [5.74, 6) is 0.613. The molecule has 0 aliphatic carbocycles. The van der Waals surface area contributed by atoms with Gasteiger partial charge in [-0.3, -0.25) is 0 Å². The van der Waals surface area contributed by atoms with E-state index in [1.165, 1.54) is 0 Å². The van der Waals surface area contributed by atoms with E-state index in [-0.39, 0.29) is 6.61 Å². The van der Waals surface area contributed by atoms with Gasteiger partial charge in [-0.1, -0.05) is 12.1 Å². The maximum atomic E-state index is 10.4. The van der Waals surface area contributed by atoms with Crippen molar-refractivity contribution in [1.29, 1.82) is 0 Å². The molecule has 0 bridgehead atoms. The van der Waals surface area contributed by atoms with Gasteiger partial charge in [0.05, 0.1) is 0 Å². The molecular formula is C13H14N2O4. The maximum absolute atomic E-state index is 10.4. The van der Waals surface area contributed by atoms with Crippen LogP contribution in [-0.4, -0.2) is 27.8 Å². The quantitative estimate of drug-likeness (QED) is 0.858. The van der Waals surface area contributed by atoms with E-state index in [1.807, 2.05) is 6.92 Å². The number of ether oxygens (including phenoxy) is 1. The summed E-state index contributed by atoms with van der Waals surface area (Å²) in [4.78, 5) is 14.6. The number of hydrogen-bond donors (Lipinski definition) is 1. The van der Waals surface area contributed by atoms with Crippen LogP contribution in [0.2, 0.25) is 0 Å². The van der Waals surface area contributed by atoms with Gasteiger partial charge in [0.1, 0.15) is 5.75 Å². The number of carboxylic acids is 1. The topological polar surface area (TPSA) is 85.5 Å². The van der Waals surface area contributed by atoms with Gasteiger partial charge in [-0.25, -0.2) is 4.79 Å². The zero-order valence-corrected chi connectivity index (χ0v) is 10.5. The Morgan fingerprint density at radius 2 is 2.11 bits per heavy atom. The molecular weight excluding hydrogens is 248 g/mol. The summed E-state index contributed by atoms with van der Waals surface area (Å²) in [6.07, 6.45) is 1.74. The van der Waals surface area contributed by atoms with Gasteiger partial charge in [-0.15, -0.1) is 0 Å². The molecule has 6 nitrogen and oxygen atoms in total. The Morgan fingerprint density at radius 3 is 2.74 bits per heavy atom. The lowest BCUT2D eigenvalue weighted by atomic mass is 10.2. The van der Waals surface area contributed by atoms with E-state index < -0.39 is 5.97 Å². The number of aromatic nitrogens is 2. The molecule has 0 spiro atoms. The number of aliphatic carboxylic acids is 1. The van der Waals surface area contributed by atoms with Crippen LogP contribution >= 0.6 is 0 Å². The first kappa shape index (κ1) is 13.1. The van der Waals surface area contributed by atoms with E-state index in [1.54, 1.807) is 24.3 Å². The van der Waals surface area contributed by atoms with E-state index in [4.69, 9.17) is 14.4 Å². The molecule has 0 aliphatic rings. The molecule has 19 heavy (non-hydrogen) atoms. The Labute approximate surface area is 110 Å². The second-order valence-corrected chi connectivity index (χ2v) is 3.97. The molecule has 0 radical (unpaired) electrons. The Morgan fingerprint density at radius 1 is 1.37 bits per heavy atom. The second-order valence-electron chi connectivity index (χ2n) is 3.97. The van der Waals surface area contributed by atoms with Crippen molar-refractivity contribution in [3.8, 4) is 17.2 Å². The highest BCUT2D eigenvalue weighted by molar-refractivity contribution is 5.68. The van der Waals surface area contributed by atoms with Gasteiger partial charge < -0.3 is 14.4 Å². The van der Waals surface area contributed by atoms with Crippen molar-refractivity contribution in [2.24, 2.45) is 0 Å². The molecule has 1 aromatic heterocycles. The SMILES string of the molecule is CCCc1noc(-c2ccc(OCC(=O)O)cc2)n1. The average Bonchev–Trinajstić information content (AvgIpc) is 2.86. The molecule has 2 aromatic rings. The third kappa shape index (κ3) is 3.54. The van der Waals surface area contributed by atoms with Gasteiger partial charge in [0, 0.05) is 12.0 Å². The summed E-state index contributed by atoms with van der Waals surface area (Å²) in [5.41, 5.74) is 0.775. The molecule has 0 amide bonds. The van der Waals surface area contributed by atoms with Crippen molar-refractivity contribution in [2.45, 2.75) is 19.8 Å². The van der Waals surface area contributed by atoms with Crippen molar-refractivity contribution >= 4 is 5.97 Å². The standard InChI is InChI=1S/C13H14N2O4/c1-2-3-11-14-13(19-15-11)9-4-6-10(7-5-9)18-8-12(16)17/h4-7H,2-3,8H2,1H3,(H,16,17). The first-order valence-electron chi connectivity index (χ1n) is 5.96. The largest absolute Gasteiger partial charge is 0.482 e. The van der Waals surface area contributed by atoms with Crippen LogP contribution in [0, 0.1) is 0 Å². The number of aryl methyl sites for hydroxylation is 1. The zero-order chi connectivity index (χ0) is 13.7. The van der Waals surface area contributed by atoms with Gasteiger partial charge in [0.25, 0.3) is 5.89 Å². The van der Waals surface area contributed by atoms with E-state index >= 15 is 0 Å². The van der Waals surface area contributed by atoms with E-state index in [0.717, 1.165) is 18.4 Å². The highest BCUT2D eigenvalue weighted by atomic mass is 16.5. The number of carbonyl (C=O) groups is 1. The number of carboxylic acid groups (broad SMARTS) is 1. The third-order valence-electron chi connectivity index (χ3n) is 2.41. The van der Waals surface area contributed by atoms with Crippen LogP contribution in [0.1, 0.15) is 19.2 Å². The van der Waals surface area contributed by atoms with Crippen molar-refractivity contribution < 1.29 is 19.2 Å². The molecule has 1 aromatic carbocycles. The van der Waals surface area contributed by atoms with Crippen LogP contribution in [0.4, 0.5) is 0 Å². The van der Waals surface area contributed by atoms with Crippen LogP contribution in [0.25, 0.3) is 11.5 Å². The van der Waals surface area contributed by atoms with Crippen LogP contribution in [-0.2, 0) is 11.2 Å². The van der Waals surface area contributed by atoms with Crippen molar-refractivity contribution in [1.82, 2.24) is 10.1 Å². The lowest BCUT2D eigenvalue weighted by molar-refractivity contribution is -0.139. The zero-order valence-electron chi connectivity index (χ0n) is 10.5. The molecule has 100 valence electrons. The molecule has 0 fully saturated rings. The van der Waals surface area contributed by atoms with Crippen LogP contribution < -0.4 is 4.74 Å². The average molecular weight is 262 g/mol. The minimum Gasteiger partial charge on any atom is -0.482 e. The van der Waals surface area contributed by atoms with Crippen LogP contribution in [0.5, 0.6) is 5.75 Å².